The summed E-state index contributed by atoms with van der Waals surface area (Å²) in [5.41, 5.74) is 2.05. The fraction of sp³-hybridized carbons (Fsp3) is 0.692. The minimum atomic E-state index is -0.776. The zero-order valence-corrected chi connectivity index (χ0v) is 10.9. The first-order valence-corrected chi connectivity index (χ1v) is 6.49. The molecule has 1 aromatic rings. The predicted octanol–water partition coefficient (Wildman–Crippen LogP) is 2.24. The van der Waals surface area contributed by atoms with Crippen molar-refractivity contribution in [3.8, 4) is 0 Å². The van der Waals surface area contributed by atoms with Crippen LogP contribution < -0.4 is 0 Å². The lowest BCUT2D eigenvalue weighted by Gasteiger charge is -2.26. The maximum absolute atomic E-state index is 11.1. The van der Waals surface area contributed by atoms with Crippen LogP contribution in [0, 0.1) is 0 Å². The van der Waals surface area contributed by atoms with Crippen molar-refractivity contribution in [2.75, 3.05) is 7.05 Å². The van der Waals surface area contributed by atoms with Gasteiger partial charge >= 0.3 is 5.97 Å². The molecular weight excluding hydrogens is 232 g/mol. The number of aromatic nitrogens is 1. The maximum Gasteiger partial charge on any atom is 0.320 e. The molecule has 5 heteroatoms. The van der Waals surface area contributed by atoms with Gasteiger partial charge in [-0.15, -0.1) is 0 Å². The molecule has 0 unspecified atom stereocenters. The van der Waals surface area contributed by atoms with Gasteiger partial charge in [-0.05, 0) is 26.3 Å². The third-order valence-corrected chi connectivity index (χ3v) is 3.79. The van der Waals surface area contributed by atoms with Crippen LogP contribution in [0.2, 0.25) is 0 Å². The number of hydrogen-bond acceptors (Lipinski definition) is 4. The van der Waals surface area contributed by atoms with Crippen LogP contribution in [0.5, 0.6) is 0 Å². The summed E-state index contributed by atoms with van der Waals surface area (Å²) >= 11 is 0. The summed E-state index contributed by atoms with van der Waals surface area (Å²) in [5.74, 6) is -0.265. The third kappa shape index (κ3) is 2.56. The Hall–Kier alpha value is -1.36. The quantitative estimate of drug-likeness (QED) is 0.841. The van der Waals surface area contributed by atoms with Crippen molar-refractivity contribution in [3.05, 3.63) is 17.5 Å². The van der Waals surface area contributed by atoms with E-state index < -0.39 is 12.0 Å². The minimum absolute atomic E-state index is 0.450. The molecule has 0 spiro atoms. The van der Waals surface area contributed by atoms with E-state index in [0.717, 1.165) is 11.3 Å². The standard InChI is InChI=1S/C13H20N2O3/c1-3-11(13(16)17)15(2)7-10-8-18-14-12(10)9-5-4-6-9/h8-9,11H,3-7H2,1-2H3,(H,16,17)/t11-/m1/s1. The van der Waals surface area contributed by atoms with E-state index in [0.29, 0.717) is 18.9 Å². The van der Waals surface area contributed by atoms with Crippen LogP contribution in [0.4, 0.5) is 0 Å². The van der Waals surface area contributed by atoms with Crippen LogP contribution in [0.25, 0.3) is 0 Å². The van der Waals surface area contributed by atoms with Crippen molar-refractivity contribution in [1.29, 1.82) is 0 Å². The number of carboxylic acid groups (broad SMARTS) is 1. The van der Waals surface area contributed by atoms with Crippen molar-refractivity contribution in [3.63, 3.8) is 0 Å². The number of likely N-dealkylation sites (N-methyl/N-ethyl adjacent to an activating group) is 1. The summed E-state index contributed by atoms with van der Waals surface area (Å²) in [5, 5.41) is 13.2. The fourth-order valence-corrected chi connectivity index (χ4v) is 2.46. The molecule has 1 aliphatic rings. The molecule has 100 valence electrons. The second-order valence-corrected chi connectivity index (χ2v) is 5.03. The highest BCUT2D eigenvalue weighted by Crippen LogP contribution is 2.37. The van der Waals surface area contributed by atoms with Crippen LogP contribution in [0.15, 0.2) is 10.8 Å². The highest BCUT2D eigenvalue weighted by molar-refractivity contribution is 5.73. The Balaban J connectivity index is 2.04. The zero-order chi connectivity index (χ0) is 13.1. The topological polar surface area (TPSA) is 66.6 Å². The van der Waals surface area contributed by atoms with E-state index >= 15 is 0 Å². The molecule has 5 nitrogen and oxygen atoms in total. The van der Waals surface area contributed by atoms with Gasteiger partial charge in [-0.3, -0.25) is 9.69 Å². The summed E-state index contributed by atoms with van der Waals surface area (Å²) in [6, 6.07) is -0.450. The molecule has 1 N–H and O–H groups in total. The Bertz CT molecular complexity index is 412. The van der Waals surface area contributed by atoms with Crippen molar-refractivity contribution < 1.29 is 14.4 Å². The van der Waals surface area contributed by atoms with Gasteiger partial charge in [0.25, 0.3) is 0 Å². The SMILES string of the molecule is CC[C@H](C(=O)O)N(C)Cc1conc1C1CCC1. The molecule has 1 fully saturated rings. The smallest absolute Gasteiger partial charge is 0.320 e. The second-order valence-electron chi connectivity index (χ2n) is 5.03. The van der Waals surface area contributed by atoms with E-state index in [1.54, 1.807) is 6.26 Å². The lowest BCUT2D eigenvalue weighted by Crippen LogP contribution is -2.37. The Morgan fingerprint density at radius 2 is 2.39 bits per heavy atom. The zero-order valence-electron chi connectivity index (χ0n) is 10.9. The largest absolute Gasteiger partial charge is 0.480 e. The Morgan fingerprint density at radius 1 is 1.67 bits per heavy atom. The predicted molar refractivity (Wildman–Crippen MR) is 66.3 cm³/mol. The molecule has 0 radical (unpaired) electrons. The molecule has 0 amide bonds. The molecule has 1 saturated carbocycles. The molecule has 2 rings (SSSR count). The average molecular weight is 252 g/mol. The normalized spacial score (nSPS) is 17.7. The van der Waals surface area contributed by atoms with Crippen LogP contribution >= 0.6 is 0 Å². The molecule has 0 saturated heterocycles. The van der Waals surface area contributed by atoms with E-state index in [1.807, 2.05) is 18.9 Å². The number of carboxylic acids is 1. The Labute approximate surface area is 107 Å². The second kappa shape index (κ2) is 5.52. The average Bonchev–Trinajstić information content (AvgIpc) is 2.64. The van der Waals surface area contributed by atoms with E-state index in [9.17, 15) is 4.79 Å². The number of aliphatic carboxylic acids is 1. The van der Waals surface area contributed by atoms with E-state index in [-0.39, 0.29) is 0 Å². The number of carbonyl (C=O) groups is 1. The van der Waals surface area contributed by atoms with Crippen molar-refractivity contribution >= 4 is 5.97 Å². The Morgan fingerprint density at radius 3 is 2.89 bits per heavy atom. The summed E-state index contributed by atoms with van der Waals surface area (Å²) in [6.45, 7) is 2.47. The maximum atomic E-state index is 11.1. The van der Waals surface area contributed by atoms with Gasteiger partial charge in [-0.25, -0.2) is 0 Å². The fourth-order valence-electron chi connectivity index (χ4n) is 2.46. The minimum Gasteiger partial charge on any atom is -0.480 e. The van der Waals surface area contributed by atoms with Crippen molar-refractivity contribution in [2.45, 2.75) is 51.1 Å². The first-order chi connectivity index (χ1) is 8.63. The molecule has 1 atom stereocenters. The first kappa shape index (κ1) is 13.1. The van der Waals surface area contributed by atoms with E-state index in [4.69, 9.17) is 9.63 Å². The van der Waals surface area contributed by atoms with Gasteiger partial charge in [0.1, 0.15) is 12.3 Å². The molecule has 0 aliphatic heterocycles. The number of hydrogen-bond donors (Lipinski definition) is 1. The summed E-state index contributed by atoms with van der Waals surface area (Å²) in [6.07, 6.45) is 5.83. The monoisotopic (exact) mass is 252 g/mol. The van der Waals surface area contributed by atoms with Crippen LogP contribution in [0.3, 0.4) is 0 Å². The molecule has 1 aliphatic carbocycles. The van der Waals surface area contributed by atoms with Crippen molar-refractivity contribution in [2.24, 2.45) is 0 Å². The van der Waals surface area contributed by atoms with Crippen LogP contribution in [-0.4, -0.2) is 34.2 Å². The first-order valence-electron chi connectivity index (χ1n) is 6.49. The van der Waals surface area contributed by atoms with Gasteiger partial charge in [-0.2, -0.15) is 0 Å². The van der Waals surface area contributed by atoms with Gasteiger partial charge in [0.2, 0.25) is 0 Å². The summed E-state index contributed by atoms with van der Waals surface area (Å²) < 4.78 is 5.05. The number of nitrogens with zero attached hydrogens (tertiary/aromatic N) is 2. The third-order valence-electron chi connectivity index (χ3n) is 3.79. The van der Waals surface area contributed by atoms with Gasteiger partial charge in [-0.1, -0.05) is 18.5 Å². The van der Waals surface area contributed by atoms with Crippen LogP contribution in [0.1, 0.15) is 49.8 Å². The van der Waals surface area contributed by atoms with E-state index in [2.05, 4.69) is 5.16 Å². The van der Waals surface area contributed by atoms with Crippen LogP contribution in [-0.2, 0) is 11.3 Å². The lowest BCUT2D eigenvalue weighted by atomic mass is 9.81. The highest BCUT2D eigenvalue weighted by Gasteiger charge is 2.27. The molecule has 1 heterocycles. The lowest BCUT2D eigenvalue weighted by molar-refractivity contribution is -0.143. The number of rotatable bonds is 6. The molecular formula is C13H20N2O3. The van der Waals surface area contributed by atoms with Gasteiger partial charge in [0.15, 0.2) is 0 Å². The Kier molecular flexibility index (Phi) is 4.01. The van der Waals surface area contributed by atoms with Gasteiger partial charge in [0.05, 0.1) is 5.69 Å². The molecule has 1 aromatic heterocycles. The molecule has 18 heavy (non-hydrogen) atoms. The van der Waals surface area contributed by atoms with Crippen molar-refractivity contribution in [1.82, 2.24) is 10.1 Å². The highest BCUT2D eigenvalue weighted by atomic mass is 16.5. The van der Waals surface area contributed by atoms with Gasteiger partial charge in [0, 0.05) is 18.0 Å². The molecule has 0 bridgehead atoms. The molecule has 0 aromatic carbocycles. The van der Waals surface area contributed by atoms with Gasteiger partial charge < -0.3 is 9.63 Å². The summed E-state index contributed by atoms with van der Waals surface area (Å²) in [7, 11) is 1.83. The summed E-state index contributed by atoms with van der Waals surface area (Å²) in [4.78, 5) is 13.0. The van der Waals surface area contributed by atoms with E-state index in [1.165, 1.54) is 19.3 Å².